The van der Waals surface area contributed by atoms with Gasteiger partial charge in [0.05, 0.1) is 6.04 Å². The molecule has 0 saturated carbocycles. The van der Waals surface area contributed by atoms with Crippen molar-refractivity contribution in [2.45, 2.75) is 52.5 Å². The minimum Gasteiger partial charge on any atom is -0.459 e. The van der Waals surface area contributed by atoms with Crippen LogP contribution >= 0.6 is 0 Å². The van der Waals surface area contributed by atoms with E-state index in [-0.39, 0.29) is 0 Å². The van der Waals surface area contributed by atoms with Crippen LogP contribution in [0.25, 0.3) is 11.0 Å². The number of fused-ring (bicyclic) bond motifs is 1. The zero-order chi connectivity index (χ0) is 13.8. The summed E-state index contributed by atoms with van der Waals surface area (Å²) in [4.78, 5) is 0. The first-order valence-corrected chi connectivity index (χ1v) is 7.43. The fraction of sp³-hybridized carbons (Fsp3) is 0.529. The van der Waals surface area contributed by atoms with Crippen molar-refractivity contribution in [3.8, 4) is 0 Å². The van der Waals surface area contributed by atoms with Gasteiger partial charge in [-0.3, -0.25) is 0 Å². The predicted molar refractivity (Wildman–Crippen MR) is 81.6 cm³/mol. The van der Waals surface area contributed by atoms with Gasteiger partial charge in [-0.15, -0.1) is 0 Å². The van der Waals surface area contributed by atoms with Crippen molar-refractivity contribution in [3.63, 3.8) is 0 Å². The molecule has 1 atom stereocenters. The summed E-state index contributed by atoms with van der Waals surface area (Å²) in [6, 6.07) is 8.95. The number of nitrogens with one attached hydrogen (secondary N) is 1. The van der Waals surface area contributed by atoms with Gasteiger partial charge < -0.3 is 9.73 Å². The van der Waals surface area contributed by atoms with Crippen LogP contribution in [0.15, 0.2) is 28.7 Å². The van der Waals surface area contributed by atoms with E-state index in [0.29, 0.717) is 12.0 Å². The number of hydrogen-bond acceptors (Lipinski definition) is 2. The fourth-order valence-corrected chi connectivity index (χ4v) is 2.50. The second-order valence-electron chi connectivity index (χ2n) is 5.48. The monoisotopic (exact) mass is 259 g/mol. The molecule has 0 radical (unpaired) electrons. The lowest BCUT2D eigenvalue weighted by Crippen LogP contribution is -2.20. The Morgan fingerprint density at radius 2 is 2.00 bits per heavy atom. The van der Waals surface area contributed by atoms with Crippen LogP contribution in [0, 0.1) is 0 Å². The molecule has 2 heteroatoms. The standard InChI is InChI=1S/C17H25NO/c1-5-10-18-15(6-2)16-11-13-8-7-9-14(12(3)4)17(13)19-16/h7-9,11-12,15,18H,5-6,10H2,1-4H3. The summed E-state index contributed by atoms with van der Waals surface area (Å²) >= 11 is 0. The van der Waals surface area contributed by atoms with E-state index in [1.54, 1.807) is 0 Å². The van der Waals surface area contributed by atoms with Gasteiger partial charge in [-0.05, 0) is 36.9 Å². The van der Waals surface area contributed by atoms with Crippen LogP contribution in [0.5, 0.6) is 0 Å². The minimum atomic E-state index is 0.326. The van der Waals surface area contributed by atoms with E-state index in [9.17, 15) is 0 Å². The predicted octanol–water partition coefficient (Wildman–Crippen LogP) is 5.01. The van der Waals surface area contributed by atoms with Crippen LogP contribution in [0.4, 0.5) is 0 Å². The van der Waals surface area contributed by atoms with Gasteiger partial charge in [-0.1, -0.05) is 45.9 Å². The lowest BCUT2D eigenvalue weighted by Gasteiger charge is -2.13. The van der Waals surface area contributed by atoms with E-state index < -0.39 is 0 Å². The highest BCUT2D eigenvalue weighted by atomic mass is 16.3. The van der Waals surface area contributed by atoms with E-state index >= 15 is 0 Å². The SMILES string of the molecule is CCCNC(CC)c1cc2cccc(C(C)C)c2o1. The molecule has 1 N–H and O–H groups in total. The lowest BCUT2D eigenvalue weighted by molar-refractivity contribution is 0.420. The molecule has 104 valence electrons. The highest BCUT2D eigenvalue weighted by Crippen LogP contribution is 2.31. The van der Waals surface area contributed by atoms with Gasteiger partial charge in [0.25, 0.3) is 0 Å². The van der Waals surface area contributed by atoms with Crippen molar-refractivity contribution < 1.29 is 4.42 Å². The Balaban J connectivity index is 2.37. The highest BCUT2D eigenvalue weighted by Gasteiger charge is 2.16. The van der Waals surface area contributed by atoms with Gasteiger partial charge in [0.2, 0.25) is 0 Å². The topological polar surface area (TPSA) is 25.2 Å². The van der Waals surface area contributed by atoms with Crippen molar-refractivity contribution >= 4 is 11.0 Å². The van der Waals surface area contributed by atoms with Gasteiger partial charge in [-0.2, -0.15) is 0 Å². The first-order chi connectivity index (χ1) is 9.17. The Labute approximate surface area is 116 Å². The Bertz CT molecular complexity index is 527. The quantitative estimate of drug-likeness (QED) is 0.789. The molecule has 1 aromatic carbocycles. The van der Waals surface area contributed by atoms with Crippen molar-refractivity contribution in [3.05, 3.63) is 35.6 Å². The van der Waals surface area contributed by atoms with Gasteiger partial charge in [0.1, 0.15) is 11.3 Å². The Kier molecular flexibility index (Phi) is 4.65. The molecule has 0 aliphatic heterocycles. The molecule has 1 aromatic heterocycles. The lowest BCUT2D eigenvalue weighted by atomic mass is 10.0. The van der Waals surface area contributed by atoms with Crippen LogP contribution in [0.3, 0.4) is 0 Å². The van der Waals surface area contributed by atoms with Crippen molar-refractivity contribution in [1.29, 1.82) is 0 Å². The molecule has 0 aliphatic carbocycles. The Morgan fingerprint density at radius 3 is 2.63 bits per heavy atom. The third kappa shape index (κ3) is 3.01. The molecule has 2 rings (SSSR count). The number of benzene rings is 1. The van der Waals surface area contributed by atoms with E-state index in [1.165, 1.54) is 10.9 Å². The molecule has 1 heterocycles. The average Bonchev–Trinajstić information content (AvgIpc) is 2.82. The first-order valence-electron chi connectivity index (χ1n) is 7.43. The average molecular weight is 259 g/mol. The summed E-state index contributed by atoms with van der Waals surface area (Å²) in [6.07, 6.45) is 2.20. The zero-order valence-electron chi connectivity index (χ0n) is 12.5. The maximum Gasteiger partial charge on any atom is 0.137 e. The normalized spacial score (nSPS) is 13.3. The number of rotatable bonds is 6. The van der Waals surface area contributed by atoms with Gasteiger partial charge >= 0.3 is 0 Å². The summed E-state index contributed by atoms with van der Waals surface area (Å²) in [5.74, 6) is 1.56. The Hall–Kier alpha value is -1.28. The molecule has 2 aromatic rings. The van der Waals surface area contributed by atoms with E-state index in [0.717, 1.165) is 30.7 Å². The maximum absolute atomic E-state index is 6.15. The maximum atomic E-state index is 6.15. The molecule has 0 amide bonds. The summed E-state index contributed by atoms with van der Waals surface area (Å²) in [7, 11) is 0. The van der Waals surface area contributed by atoms with E-state index in [1.807, 2.05) is 0 Å². The minimum absolute atomic E-state index is 0.326. The largest absolute Gasteiger partial charge is 0.459 e. The first kappa shape index (κ1) is 14.1. The van der Waals surface area contributed by atoms with Crippen LogP contribution in [0.2, 0.25) is 0 Å². The number of para-hydroxylation sites is 1. The molecular formula is C17H25NO. The van der Waals surface area contributed by atoms with Gasteiger partial charge in [0, 0.05) is 5.39 Å². The fourth-order valence-electron chi connectivity index (χ4n) is 2.50. The third-order valence-electron chi connectivity index (χ3n) is 3.61. The molecule has 0 saturated heterocycles. The summed E-state index contributed by atoms with van der Waals surface area (Å²) in [5.41, 5.74) is 2.36. The summed E-state index contributed by atoms with van der Waals surface area (Å²) < 4.78 is 6.15. The van der Waals surface area contributed by atoms with E-state index in [2.05, 4.69) is 57.3 Å². The summed E-state index contributed by atoms with van der Waals surface area (Å²) in [6.45, 7) is 9.85. The number of hydrogen-bond donors (Lipinski definition) is 1. The highest BCUT2D eigenvalue weighted by molar-refractivity contribution is 5.81. The second-order valence-corrected chi connectivity index (χ2v) is 5.48. The van der Waals surface area contributed by atoms with Gasteiger partial charge in [-0.25, -0.2) is 0 Å². The van der Waals surface area contributed by atoms with Crippen molar-refractivity contribution in [2.24, 2.45) is 0 Å². The molecule has 0 fully saturated rings. The van der Waals surface area contributed by atoms with Crippen LogP contribution in [-0.2, 0) is 0 Å². The molecule has 0 bridgehead atoms. The number of furan rings is 1. The molecule has 19 heavy (non-hydrogen) atoms. The zero-order valence-corrected chi connectivity index (χ0v) is 12.5. The van der Waals surface area contributed by atoms with Crippen LogP contribution < -0.4 is 5.32 Å². The molecule has 2 nitrogen and oxygen atoms in total. The second kappa shape index (κ2) is 6.25. The van der Waals surface area contributed by atoms with Crippen LogP contribution in [0.1, 0.15) is 63.8 Å². The van der Waals surface area contributed by atoms with E-state index in [4.69, 9.17) is 4.42 Å². The van der Waals surface area contributed by atoms with Crippen molar-refractivity contribution in [1.82, 2.24) is 5.32 Å². The molecular weight excluding hydrogens is 234 g/mol. The molecule has 1 unspecified atom stereocenters. The molecule has 0 aliphatic rings. The molecule has 0 spiro atoms. The summed E-state index contributed by atoms with van der Waals surface area (Å²) in [5, 5.41) is 4.77. The van der Waals surface area contributed by atoms with Crippen molar-refractivity contribution in [2.75, 3.05) is 6.54 Å². The van der Waals surface area contributed by atoms with Gasteiger partial charge in [0.15, 0.2) is 0 Å². The smallest absolute Gasteiger partial charge is 0.137 e. The third-order valence-corrected chi connectivity index (χ3v) is 3.61. The van der Waals surface area contributed by atoms with Crippen LogP contribution in [-0.4, -0.2) is 6.54 Å². The Morgan fingerprint density at radius 1 is 1.21 bits per heavy atom.